The van der Waals surface area contributed by atoms with Gasteiger partial charge in [0.2, 0.25) is 5.91 Å². The van der Waals surface area contributed by atoms with E-state index in [-0.39, 0.29) is 11.9 Å². The van der Waals surface area contributed by atoms with Gasteiger partial charge in [0.15, 0.2) is 0 Å². The highest BCUT2D eigenvalue weighted by atomic mass is 79.9. The van der Waals surface area contributed by atoms with E-state index in [0.29, 0.717) is 11.2 Å². The number of carbonyl (C=O) groups is 1. The fourth-order valence-electron chi connectivity index (χ4n) is 2.27. The topological polar surface area (TPSA) is 20.3 Å². The van der Waals surface area contributed by atoms with E-state index in [0.717, 1.165) is 13.0 Å². The van der Waals surface area contributed by atoms with E-state index in [9.17, 15) is 4.79 Å². The minimum atomic E-state index is 0.177. The molecule has 0 radical (unpaired) electrons. The van der Waals surface area contributed by atoms with Crippen LogP contribution in [-0.2, 0) is 11.2 Å². The monoisotopic (exact) mass is 295 g/mol. The largest absolute Gasteiger partial charge is 0.335 e. The van der Waals surface area contributed by atoms with Crippen LogP contribution in [0.2, 0.25) is 0 Å². The van der Waals surface area contributed by atoms with Gasteiger partial charge in [-0.1, -0.05) is 47.1 Å². The third-order valence-electron chi connectivity index (χ3n) is 3.45. The van der Waals surface area contributed by atoms with Crippen LogP contribution >= 0.6 is 15.9 Å². The molecule has 2 atom stereocenters. The predicted octanol–water partition coefficient (Wildman–Crippen LogP) is 3.31. The molecule has 0 spiro atoms. The molecule has 0 aliphatic carbocycles. The van der Waals surface area contributed by atoms with E-state index in [2.05, 4.69) is 54.0 Å². The van der Waals surface area contributed by atoms with Crippen LogP contribution in [0.1, 0.15) is 37.4 Å². The second kappa shape index (κ2) is 5.21. The van der Waals surface area contributed by atoms with Gasteiger partial charge in [0, 0.05) is 17.8 Å². The van der Waals surface area contributed by atoms with Gasteiger partial charge in [0.05, 0.1) is 6.04 Å². The minimum absolute atomic E-state index is 0.177. The molecule has 0 N–H and O–H groups in total. The fraction of sp³-hybridized carbons (Fsp3) is 0.500. The third-order valence-corrected chi connectivity index (χ3v) is 4.06. The van der Waals surface area contributed by atoms with Crippen LogP contribution in [0.25, 0.3) is 0 Å². The Labute approximate surface area is 111 Å². The van der Waals surface area contributed by atoms with E-state index in [1.807, 2.05) is 4.90 Å². The number of hydrogen-bond acceptors (Lipinski definition) is 1. The summed E-state index contributed by atoms with van der Waals surface area (Å²) in [6.45, 7) is 5.07. The maximum absolute atomic E-state index is 11.8. The summed E-state index contributed by atoms with van der Waals surface area (Å²) < 4.78 is 0. The summed E-state index contributed by atoms with van der Waals surface area (Å²) in [4.78, 5) is 14.1. The molecule has 92 valence electrons. The van der Waals surface area contributed by atoms with Crippen molar-refractivity contribution in [1.29, 1.82) is 0 Å². The molecular formula is C14H18BrNO. The van der Waals surface area contributed by atoms with Crippen LogP contribution in [0.4, 0.5) is 0 Å². The van der Waals surface area contributed by atoms with Crippen molar-refractivity contribution in [3.05, 3.63) is 35.4 Å². The van der Waals surface area contributed by atoms with Crippen LogP contribution in [0, 0.1) is 0 Å². The molecule has 2 nitrogen and oxygen atoms in total. The summed E-state index contributed by atoms with van der Waals surface area (Å²) in [6, 6.07) is 8.75. The molecule has 3 heteroatoms. The van der Waals surface area contributed by atoms with Gasteiger partial charge in [-0.3, -0.25) is 4.79 Å². The lowest BCUT2D eigenvalue weighted by Gasteiger charge is -2.25. The predicted molar refractivity (Wildman–Crippen MR) is 73.3 cm³/mol. The van der Waals surface area contributed by atoms with Gasteiger partial charge >= 0.3 is 0 Å². The molecule has 0 aromatic heterocycles. The van der Waals surface area contributed by atoms with Crippen molar-refractivity contribution >= 4 is 21.8 Å². The molecule has 1 amide bonds. The normalized spacial score (nSPS) is 21.9. The maximum Gasteiger partial charge on any atom is 0.224 e. The summed E-state index contributed by atoms with van der Waals surface area (Å²) in [5.74, 6) is 0.249. The zero-order valence-corrected chi connectivity index (χ0v) is 11.9. The van der Waals surface area contributed by atoms with Crippen molar-refractivity contribution in [2.75, 3.05) is 6.54 Å². The number of benzene rings is 1. The van der Waals surface area contributed by atoms with Crippen molar-refractivity contribution in [2.24, 2.45) is 0 Å². The summed E-state index contributed by atoms with van der Waals surface area (Å²) in [5.41, 5.74) is 2.56. The lowest BCUT2D eigenvalue weighted by molar-refractivity contribution is -0.129. The molecular weight excluding hydrogens is 278 g/mol. The molecule has 1 aromatic rings. The molecule has 1 heterocycles. The van der Waals surface area contributed by atoms with Crippen LogP contribution in [0.15, 0.2) is 24.3 Å². The van der Waals surface area contributed by atoms with E-state index in [1.54, 1.807) is 0 Å². The lowest BCUT2D eigenvalue weighted by atomic mass is 10.0. The number of likely N-dealkylation sites (tertiary alicyclic amines) is 1. The van der Waals surface area contributed by atoms with Crippen molar-refractivity contribution in [3.8, 4) is 0 Å². The Morgan fingerprint density at radius 2 is 2.06 bits per heavy atom. The van der Waals surface area contributed by atoms with Gasteiger partial charge in [-0.15, -0.1) is 0 Å². The Kier molecular flexibility index (Phi) is 3.87. The Bertz CT molecular complexity index is 401. The zero-order valence-electron chi connectivity index (χ0n) is 10.3. The van der Waals surface area contributed by atoms with Crippen molar-refractivity contribution in [3.63, 3.8) is 0 Å². The maximum atomic E-state index is 11.8. The second-order valence-electron chi connectivity index (χ2n) is 4.62. The highest BCUT2D eigenvalue weighted by Crippen LogP contribution is 2.28. The smallest absolute Gasteiger partial charge is 0.224 e. The lowest BCUT2D eigenvalue weighted by Crippen LogP contribution is -2.28. The molecule has 0 bridgehead atoms. The van der Waals surface area contributed by atoms with Gasteiger partial charge in [-0.2, -0.15) is 0 Å². The molecule has 0 saturated carbocycles. The SMILES string of the molecule is CCc1ccc(C(C)N2CC(Br)CC2=O)cc1. The molecule has 2 rings (SSSR count). The first-order valence-electron chi connectivity index (χ1n) is 6.14. The number of hydrogen-bond donors (Lipinski definition) is 0. The van der Waals surface area contributed by atoms with E-state index in [4.69, 9.17) is 0 Å². The van der Waals surface area contributed by atoms with E-state index >= 15 is 0 Å². The minimum Gasteiger partial charge on any atom is -0.335 e. The number of nitrogens with zero attached hydrogens (tertiary/aromatic N) is 1. The Morgan fingerprint density at radius 3 is 2.53 bits per heavy atom. The highest BCUT2D eigenvalue weighted by Gasteiger charge is 2.31. The highest BCUT2D eigenvalue weighted by molar-refractivity contribution is 9.09. The summed E-state index contributed by atoms with van der Waals surface area (Å²) in [6.07, 6.45) is 1.68. The van der Waals surface area contributed by atoms with E-state index < -0.39 is 0 Å². The standard InChI is InChI=1S/C14H18BrNO/c1-3-11-4-6-12(7-5-11)10(2)16-9-13(15)8-14(16)17/h4-7,10,13H,3,8-9H2,1-2H3. The Hall–Kier alpha value is -0.830. The Morgan fingerprint density at radius 1 is 1.41 bits per heavy atom. The van der Waals surface area contributed by atoms with Crippen LogP contribution in [-0.4, -0.2) is 22.2 Å². The number of alkyl halides is 1. The third kappa shape index (κ3) is 2.71. The molecule has 1 fully saturated rings. The van der Waals surface area contributed by atoms with Crippen molar-refractivity contribution < 1.29 is 4.79 Å². The van der Waals surface area contributed by atoms with Crippen LogP contribution in [0.3, 0.4) is 0 Å². The fourth-order valence-corrected chi connectivity index (χ4v) is 2.86. The molecule has 2 unspecified atom stereocenters. The van der Waals surface area contributed by atoms with Crippen molar-refractivity contribution in [2.45, 2.75) is 37.6 Å². The van der Waals surface area contributed by atoms with Crippen LogP contribution < -0.4 is 0 Å². The first-order chi connectivity index (χ1) is 8.11. The number of carbonyl (C=O) groups excluding carboxylic acids is 1. The van der Waals surface area contributed by atoms with Gasteiger partial charge in [0.1, 0.15) is 0 Å². The van der Waals surface area contributed by atoms with Gasteiger partial charge < -0.3 is 4.90 Å². The molecule has 17 heavy (non-hydrogen) atoms. The van der Waals surface area contributed by atoms with E-state index in [1.165, 1.54) is 11.1 Å². The number of amides is 1. The van der Waals surface area contributed by atoms with Gasteiger partial charge in [-0.05, 0) is 24.5 Å². The summed E-state index contributed by atoms with van der Waals surface area (Å²) in [7, 11) is 0. The van der Waals surface area contributed by atoms with Gasteiger partial charge in [0.25, 0.3) is 0 Å². The zero-order chi connectivity index (χ0) is 12.4. The molecule has 1 aromatic carbocycles. The quantitative estimate of drug-likeness (QED) is 0.784. The number of halogens is 1. The average Bonchev–Trinajstić information content (AvgIpc) is 2.68. The summed E-state index contributed by atoms with van der Waals surface area (Å²) in [5, 5.41) is 0. The van der Waals surface area contributed by atoms with Crippen LogP contribution in [0.5, 0.6) is 0 Å². The molecule has 1 aliphatic rings. The second-order valence-corrected chi connectivity index (χ2v) is 5.91. The van der Waals surface area contributed by atoms with Crippen molar-refractivity contribution in [1.82, 2.24) is 4.90 Å². The molecule has 1 aliphatic heterocycles. The number of aryl methyl sites for hydroxylation is 1. The average molecular weight is 296 g/mol. The Balaban J connectivity index is 2.13. The number of rotatable bonds is 3. The summed E-state index contributed by atoms with van der Waals surface area (Å²) >= 11 is 3.52. The first-order valence-corrected chi connectivity index (χ1v) is 7.05. The van der Waals surface area contributed by atoms with Gasteiger partial charge in [-0.25, -0.2) is 0 Å². The molecule has 1 saturated heterocycles. The first kappa shape index (κ1) is 12.6.